The zero-order chi connectivity index (χ0) is 24.6. The lowest BCUT2D eigenvalue weighted by Crippen LogP contribution is -2.31. The van der Waals surface area contributed by atoms with Gasteiger partial charge in [-0.3, -0.25) is 9.69 Å². The molecule has 0 fully saturated rings. The van der Waals surface area contributed by atoms with Gasteiger partial charge in [0.2, 0.25) is 5.78 Å². The number of hydrogen-bond donors (Lipinski definition) is 0. The number of rotatable bonds is 4. The van der Waals surface area contributed by atoms with Gasteiger partial charge in [-0.2, -0.15) is 0 Å². The van der Waals surface area contributed by atoms with Crippen molar-refractivity contribution in [2.45, 2.75) is 26.9 Å². The first kappa shape index (κ1) is 22.3. The minimum Gasteiger partial charge on any atom is -0.478 e. The Morgan fingerprint density at radius 3 is 2.36 bits per heavy atom. The molecule has 4 aromatic carbocycles. The van der Waals surface area contributed by atoms with Crippen molar-refractivity contribution in [3.05, 3.63) is 124 Å². The molecule has 4 aromatic rings. The SMILES string of the molecule is Cc1ccc(CN2COc3cc(C)c4c(c3C2)O/C(=C\c2ccc(-c3ccccc3)cc2)C4=O)cc1. The summed E-state index contributed by atoms with van der Waals surface area (Å²) in [6.45, 7) is 5.97. The molecule has 4 heteroatoms. The number of aryl methyl sites for hydroxylation is 2. The van der Waals surface area contributed by atoms with Crippen LogP contribution < -0.4 is 9.47 Å². The van der Waals surface area contributed by atoms with Crippen LogP contribution in [0.1, 0.15) is 38.2 Å². The number of ketones is 1. The highest BCUT2D eigenvalue weighted by Crippen LogP contribution is 2.44. The van der Waals surface area contributed by atoms with Crippen LogP contribution in [0.4, 0.5) is 0 Å². The monoisotopic (exact) mass is 473 g/mol. The van der Waals surface area contributed by atoms with Gasteiger partial charge in [-0.25, -0.2) is 0 Å². The molecule has 0 amide bonds. The van der Waals surface area contributed by atoms with Gasteiger partial charge in [-0.1, -0.05) is 84.4 Å². The van der Waals surface area contributed by atoms with Crippen LogP contribution in [0.15, 0.2) is 90.7 Å². The molecule has 2 aliphatic heterocycles. The molecule has 0 saturated carbocycles. The molecular formula is C32H27NO3. The molecule has 2 aliphatic rings. The first-order valence-electron chi connectivity index (χ1n) is 12.2. The summed E-state index contributed by atoms with van der Waals surface area (Å²) >= 11 is 0. The van der Waals surface area contributed by atoms with Crippen LogP contribution in [0.5, 0.6) is 11.5 Å². The predicted octanol–water partition coefficient (Wildman–Crippen LogP) is 6.94. The van der Waals surface area contributed by atoms with E-state index in [1.807, 2.05) is 49.4 Å². The van der Waals surface area contributed by atoms with Crippen molar-refractivity contribution >= 4 is 11.9 Å². The molecule has 2 heterocycles. The molecule has 0 spiro atoms. The number of ether oxygens (including phenoxy) is 2. The maximum absolute atomic E-state index is 13.4. The van der Waals surface area contributed by atoms with Gasteiger partial charge < -0.3 is 9.47 Å². The zero-order valence-corrected chi connectivity index (χ0v) is 20.5. The Kier molecular flexibility index (Phi) is 5.67. The van der Waals surface area contributed by atoms with Crippen molar-refractivity contribution in [1.82, 2.24) is 4.90 Å². The van der Waals surface area contributed by atoms with Gasteiger partial charge in [-0.15, -0.1) is 0 Å². The van der Waals surface area contributed by atoms with Crippen LogP contribution in [0, 0.1) is 13.8 Å². The number of nitrogens with zero attached hydrogens (tertiary/aromatic N) is 1. The van der Waals surface area contributed by atoms with Gasteiger partial charge in [0, 0.05) is 13.1 Å². The Bertz CT molecular complexity index is 1470. The molecule has 0 aliphatic carbocycles. The molecule has 0 saturated heterocycles. The Morgan fingerprint density at radius 2 is 1.61 bits per heavy atom. The maximum Gasteiger partial charge on any atom is 0.232 e. The second kappa shape index (κ2) is 9.14. The van der Waals surface area contributed by atoms with Crippen molar-refractivity contribution in [1.29, 1.82) is 0 Å². The summed E-state index contributed by atoms with van der Waals surface area (Å²) in [7, 11) is 0. The van der Waals surface area contributed by atoms with Crippen LogP contribution in [0.3, 0.4) is 0 Å². The molecule has 4 nitrogen and oxygen atoms in total. The van der Waals surface area contributed by atoms with E-state index in [-0.39, 0.29) is 5.78 Å². The van der Waals surface area contributed by atoms with E-state index in [0.29, 0.717) is 30.3 Å². The average molecular weight is 474 g/mol. The van der Waals surface area contributed by atoms with Crippen molar-refractivity contribution < 1.29 is 14.3 Å². The Labute approximate surface area is 211 Å². The van der Waals surface area contributed by atoms with E-state index < -0.39 is 0 Å². The van der Waals surface area contributed by atoms with Gasteiger partial charge in [0.15, 0.2) is 5.76 Å². The number of fused-ring (bicyclic) bond motifs is 3. The highest BCUT2D eigenvalue weighted by atomic mass is 16.5. The van der Waals surface area contributed by atoms with E-state index >= 15 is 0 Å². The van der Waals surface area contributed by atoms with Gasteiger partial charge in [0.1, 0.15) is 18.2 Å². The summed E-state index contributed by atoms with van der Waals surface area (Å²) in [6, 6.07) is 28.9. The maximum atomic E-state index is 13.4. The van der Waals surface area contributed by atoms with Gasteiger partial charge in [-0.05, 0) is 53.8 Å². The van der Waals surface area contributed by atoms with Gasteiger partial charge in [0.25, 0.3) is 0 Å². The molecule has 178 valence electrons. The van der Waals surface area contributed by atoms with E-state index in [0.717, 1.165) is 40.1 Å². The third-order valence-electron chi connectivity index (χ3n) is 6.83. The minimum absolute atomic E-state index is 0.0758. The van der Waals surface area contributed by atoms with E-state index in [2.05, 4.69) is 60.4 Å². The summed E-state index contributed by atoms with van der Waals surface area (Å²) in [5.74, 6) is 1.71. The first-order chi connectivity index (χ1) is 17.5. The fourth-order valence-electron chi connectivity index (χ4n) is 4.88. The van der Waals surface area contributed by atoms with Gasteiger partial charge in [0.05, 0.1) is 11.1 Å². The molecule has 0 unspecified atom stereocenters. The third kappa shape index (κ3) is 4.21. The number of benzene rings is 4. The molecule has 36 heavy (non-hydrogen) atoms. The van der Waals surface area contributed by atoms with Crippen molar-refractivity contribution in [2.24, 2.45) is 0 Å². The summed E-state index contributed by atoms with van der Waals surface area (Å²) in [4.78, 5) is 15.6. The zero-order valence-electron chi connectivity index (χ0n) is 20.5. The standard InChI is InChI=1S/C32H27NO3/c1-21-8-10-24(11-9-21)18-33-19-27-28(35-20-33)16-22(2)30-31(34)29(36-32(27)30)17-23-12-14-26(15-13-23)25-6-4-3-5-7-25/h3-17H,18-20H2,1-2H3/b29-17-. The summed E-state index contributed by atoms with van der Waals surface area (Å²) in [6.07, 6.45) is 1.83. The molecule has 0 atom stereocenters. The number of carbonyl (C=O) groups excluding carboxylic acids is 1. The van der Waals surface area contributed by atoms with Crippen LogP contribution in [-0.4, -0.2) is 17.4 Å². The van der Waals surface area contributed by atoms with Crippen LogP contribution in [0.25, 0.3) is 17.2 Å². The second-order valence-corrected chi connectivity index (χ2v) is 9.55. The highest BCUT2D eigenvalue weighted by molar-refractivity contribution is 6.15. The number of allylic oxidation sites excluding steroid dienone is 1. The van der Waals surface area contributed by atoms with E-state index in [4.69, 9.17) is 9.47 Å². The lowest BCUT2D eigenvalue weighted by molar-refractivity contribution is 0.0872. The topological polar surface area (TPSA) is 38.8 Å². The number of Topliss-reactive ketones (excluding diaryl/α,β-unsaturated/α-hetero) is 1. The van der Waals surface area contributed by atoms with Crippen molar-refractivity contribution in [2.75, 3.05) is 6.73 Å². The van der Waals surface area contributed by atoms with Gasteiger partial charge >= 0.3 is 0 Å². The minimum atomic E-state index is -0.0758. The van der Waals surface area contributed by atoms with E-state index in [9.17, 15) is 4.79 Å². The second-order valence-electron chi connectivity index (χ2n) is 9.55. The Balaban J connectivity index is 1.26. The predicted molar refractivity (Wildman–Crippen MR) is 142 cm³/mol. The highest BCUT2D eigenvalue weighted by Gasteiger charge is 2.35. The van der Waals surface area contributed by atoms with E-state index in [1.54, 1.807) is 0 Å². The molecule has 0 N–H and O–H groups in total. The lowest BCUT2D eigenvalue weighted by atomic mass is 9.98. The quantitative estimate of drug-likeness (QED) is 0.301. The molecular weight excluding hydrogens is 446 g/mol. The van der Waals surface area contributed by atoms with Crippen LogP contribution >= 0.6 is 0 Å². The smallest absolute Gasteiger partial charge is 0.232 e. The fraction of sp³-hybridized carbons (Fsp3) is 0.156. The summed E-state index contributed by atoms with van der Waals surface area (Å²) < 4.78 is 12.3. The summed E-state index contributed by atoms with van der Waals surface area (Å²) in [5, 5.41) is 0. The molecule has 0 radical (unpaired) electrons. The number of hydrogen-bond acceptors (Lipinski definition) is 4. The van der Waals surface area contributed by atoms with Crippen molar-refractivity contribution in [3.8, 4) is 22.6 Å². The Hall–Kier alpha value is -4.15. The van der Waals surface area contributed by atoms with Crippen molar-refractivity contribution in [3.63, 3.8) is 0 Å². The first-order valence-corrected chi connectivity index (χ1v) is 12.2. The third-order valence-corrected chi connectivity index (χ3v) is 6.83. The molecule has 6 rings (SSSR count). The largest absolute Gasteiger partial charge is 0.478 e. The van der Waals surface area contributed by atoms with E-state index in [1.165, 1.54) is 11.1 Å². The Morgan fingerprint density at radius 1 is 0.889 bits per heavy atom. The molecule has 0 aromatic heterocycles. The van der Waals surface area contributed by atoms with Crippen LogP contribution in [0.2, 0.25) is 0 Å². The number of carbonyl (C=O) groups is 1. The lowest BCUT2D eigenvalue weighted by Gasteiger charge is -2.30. The molecule has 0 bridgehead atoms. The fourth-order valence-corrected chi connectivity index (χ4v) is 4.88. The normalized spacial score (nSPS) is 15.8. The average Bonchev–Trinajstić information content (AvgIpc) is 3.23. The summed E-state index contributed by atoms with van der Waals surface area (Å²) in [5.41, 5.74) is 8.15. The van der Waals surface area contributed by atoms with Crippen LogP contribution in [-0.2, 0) is 13.1 Å².